The largest absolute Gasteiger partial charge is 0.357 e. The molecule has 20 heavy (non-hydrogen) atoms. The zero-order valence-electron chi connectivity index (χ0n) is 12.2. The van der Waals surface area contributed by atoms with Gasteiger partial charge >= 0.3 is 0 Å². The van der Waals surface area contributed by atoms with Crippen molar-refractivity contribution in [2.45, 2.75) is 39.8 Å². The molecule has 0 aromatic heterocycles. The van der Waals surface area contributed by atoms with Gasteiger partial charge in [0.15, 0.2) is 5.96 Å². The van der Waals surface area contributed by atoms with Crippen molar-refractivity contribution in [2.75, 3.05) is 6.54 Å². The Balaban J connectivity index is 0.00000200. The van der Waals surface area contributed by atoms with E-state index >= 15 is 0 Å². The lowest BCUT2D eigenvalue weighted by Gasteiger charge is -2.10. The maximum Gasteiger partial charge on any atom is 0.191 e. The number of benzene rings is 1. The van der Waals surface area contributed by atoms with Crippen LogP contribution in [0, 0.1) is 18.7 Å². The summed E-state index contributed by atoms with van der Waals surface area (Å²) in [5.41, 5.74) is 1.56. The van der Waals surface area contributed by atoms with Gasteiger partial charge in [-0.15, -0.1) is 24.0 Å². The molecule has 1 aliphatic carbocycles. The molecule has 2 unspecified atom stereocenters. The Morgan fingerprint density at radius 3 is 2.70 bits per heavy atom. The van der Waals surface area contributed by atoms with Gasteiger partial charge in [-0.3, -0.25) is 0 Å². The zero-order chi connectivity index (χ0) is 13.8. The number of guanidine groups is 1. The number of hydrogen-bond donors (Lipinski definition) is 2. The lowest BCUT2D eigenvalue weighted by molar-refractivity contribution is 0.616. The van der Waals surface area contributed by atoms with Crippen LogP contribution in [0.15, 0.2) is 23.2 Å². The van der Waals surface area contributed by atoms with Gasteiger partial charge in [-0.1, -0.05) is 19.1 Å². The summed E-state index contributed by atoms with van der Waals surface area (Å²) >= 11 is 0. The summed E-state index contributed by atoms with van der Waals surface area (Å²) in [6.07, 6.45) is 1.20. The summed E-state index contributed by atoms with van der Waals surface area (Å²) in [4.78, 5) is 4.50. The van der Waals surface area contributed by atoms with E-state index < -0.39 is 0 Å². The lowest BCUT2D eigenvalue weighted by Crippen LogP contribution is -2.39. The SMILES string of the molecule is CCNC(=NCc1ccc(C)c(F)c1)NC1CC1C.I. The molecule has 1 aromatic rings. The number of aliphatic imine (C=N–C) groups is 1. The van der Waals surface area contributed by atoms with Crippen LogP contribution in [0.25, 0.3) is 0 Å². The molecule has 0 amide bonds. The predicted molar refractivity (Wildman–Crippen MR) is 92.1 cm³/mol. The average Bonchev–Trinajstić information content (AvgIpc) is 3.06. The molecule has 3 nitrogen and oxygen atoms in total. The van der Waals surface area contributed by atoms with Crippen LogP contribution in [0.4, 0.5) is 4.39 Å². The van der Waals surface area contributed by atoms with Gasteiger partial charge < -0.3 is 10.6 Å². The highest BCUT2D eigenvalue weighted by molar-refractivity contribution is 14.0. The second-order valence-electron chi connectivity index (χ2n) is 5.24. The molecule has 0 heterocycles. The fraction of sp³-hybridized carbons (Fsp3) is 0.533. The Morgan fingerprint density at radius 1 is 1.45 bits per heavy atom. The first kappa shape index (κ1) is 17.2. The van der Waals surface area contributed by atoms with Gasteiger partial charge in [0, 0.05) is 12.6 Å². The number of halogens is 2. The van der Waals surface area contributed by atoms with Crippen molar-refractivity contribution in [3.63, 3.8) is 0 Å². The van der Waals surface area contributed by atoms with Crippen LogP contribution in [0.1, 0.15) is 31.4 Å². The van der Waals surface area contributed by atoms with E-state index in [9.17, 15) is 4.39 Å². The van der Waals surface area contributed by atoms with E-state index in [0.29, 0.717) is 18.2 Å². The van der Waals surface area contributed by atoms with Crippen LogP contribution in [0.3, 0.4) is 0 Å². The Labute approximate surface area is 137 Å². The summed E-state index contributed by atoms with van der Waals surface area (Å²) in [7, 11) is 0. The van der Waals surface area contributed by atoms with Crippen LogP contribution in [0.2, 0.25) is 0 Å². The van der Waals surface area contributed by atoms with Gasteiger partial charge in [-0.2, -0.15) is 0 Å². The molecular weight excluding hydrogens is 368 g/mol. The quantitative estimate of drug-likeness (QED) is 0.470. The molecule has 1 fully saturated rings. The summed E-state index contributed by atoms with van der Waals surface area (Å²) in [5, 5.41) is 6.60. The van der Waals surface area contributed by atoms with Gasteiger partial charge in [0.1, 0.15) is 5.82 Å². The van der Waals surface area contributed by atoms with Gasteiger partial charge in [0.25, 0.3) is 0 Å². The summed E-state index contributed by atoms with van der Waals surface area (Å²) < 4.78 is 13.4. The monoisotopic (exact) mass is 391 g/mol. The highest BCUT2D eigenvalue weighted by Gasteiger charge is 2.33. The lowest BCUT2D eigenvalue weighted by atomic mass is 10.1. The molecule has 0 radical (unpaired) electrons. The average molecular weight is 391 g/mol. The van der Waals surface area contributed by atoms with Gasteiger partial charge in [-0.25, -0.2) is 9.38 Å². The van der Waals surface area contributed by atoms with E-state index in [1.54, 1.807) is 19.1 Å². The summed E-state index contributed by atoms with van der Waals surface area (Å²) in [6.45, 7) is 7.35. The molecule has 1 saturated carbocycles. The van der Waals surface area contributed by atoms with E-state index in [2.05, 4.69) is 22.5 Å². The topological polar surface area (TPSA) is 36.4 Å². The first-order valence-electron chi connectivity index (χ1n) is 6.90. The maximum atomic E-state index is 13.4. The molecule has 0 aliphatic heterocycles. The standard InChI is InChI=1S/C15H22FN3.HI/c1-4-17-15(19-14-7-11(14)3)18-9-12-6-5-10(2)13(16)8-12;/h5-6,8,11,14H,4,7,9H2,1-3H3,(H2,17,18,19);1H. The van der Waals surface area contributed by atoms with Gasteiger partial charge in [0.05, 0.1) is 6.54 Å². The number of aryl methyl sites for hydroxylation is 1. The molecular formula is C15H23FIN3. The highest BCUT2D eigenvalue weighted by Crippen LogP contribution is 2.28. The minimum absolute atomic E-state index is 0. The van der Waals surface area contributed by atoms with E-state index in [0.717, 1.165) is 24.0 Å². The second kappa shape index (κ2) is 7.81. The van der Waals surface area contributed by atoms with E-state index in [1.165, 1.54) is 6.42 Å². The zero-order valence-corrected chi connectivity index (χ0v) is 14.6. The fourth-order valence-corrected chi connectivity index (χ4v) is 1.92. The van der Waals surface area contributed by atoms with Crippen molar-refractivity contribution in [3.8, 4) is 0 Å². The fourth-order valence-electron chi connectivity index (χ4n) is 1.92. The molecule has 112 valence electrons. The molecule has 0 spiro atoms. The van der Waals surface area contributed by atoms with Crippen molar-refractivity contribution in [2.24, 2.45) is 10.9 Å². The molecule has 2 N–H and O–H groups in total. The third kappa shape index (κ3) is 4.92. The summed E-state index contributed by atoms with van der Waals surface area (Å²) in [5.74, 6) is 1.37. The number of hydrogen-bond acceptors (Lipinski definition) is 1. The maximum absolute atomic E-state index is 13.4. The van der Waals surface area contributed by atoms with Crippen LogP contribution in [-0.4, -0.2) is 18.5 Å². The molecule has 5 heteroatoms. The normalized spacial score (nSPS) is 21.1. The predicted octanol–water partition coefficient (Wildman–Crippen LogP) is 3.22. The Bertz CT molecular complexity index is 476. The second-order valence-corrected chi connectivity index (χ2v) is 5.24. The van der Waals surface area contributed by atoms with Crippen molar-refractivity contribution < 1.29 is 4.39 Å². The molecule has 1 aliphatic rings. The third-order valence-corrected chi connectivity index (χ3v) is 3.43. The van der Waals surface area contributed by atoms with E-state index in [1.807, 2.05) is 13.0 Å². The van der Waals surface area contributed by atoms with Crippen molar-refractivity contribution in [1.82, 2.24) is 10.6 Å². The van der Waals surface area contributed by atoms with Crippen molar-refractivity contribution in [1.29, 1.82) is 0 Å². The smallest absolute Gasteiger partial charge is 0.191 e. The molecule has 0 bridgehead atoms. The minimum Gasteiger partial charge on any atom is -0.357 e. The Kier molecular flexibility index (Phi) is 6.71. The van der Waals surface area contributed by atoms with Crippen LogP contribution >= 0.6 is 24.0 Å². The minimum atomic E-state index is -0.165. The van der Waals surface area contributed by atoms with Crippen LogP contribution < -0.4 is 10.6 Å². The molecule has 2 atom stereocenters. The van der Waals surface area contributed by atoms with E-state index in [4.69, 9.17) is 0 Å². The highest BCUT2D eigenvalue weighted by atomic mass is 127. The van der Waals surface area contributed by atoms with Crippen LogP contribution in [0.5, 0.6) is 0 Å². The summed E-state index contributed by atoms with van der Waals surface area (Å²) in [6, 6.07) is 5.81. The molecule has 0 saturated heterocycles. The Morgan fingerprint density at radius 2 is 2.15 bits per heavy atom. The van der Waals surface area contributed by atoms with Crippen molar-refractivity contribution >= 4 is 29.9 Å². The van der Waals surface area contributed by atoms with Gasteiger partial charge in [0.2, 0.25) is 0 Å². The Hall–Kier alpha value is -0.850. The van der Waals surface area contributed by atoms with Gasteiger partial charge in [-0.05, 0) is 43.4 Å². The first-order chi connectivity index (χ1) is 9.10. The molecule has 1 aromatic carbocycles. The third-order valence-electron chi connectivity index (χ3n) is 3.43. The van der Waals surface area contributed by atoms with Crippen molar-refractivity contribution in [3.05, 3.63) is 35.1 Å². The number of nitrogens with zero attached hydrogens (tertiary/aromatic N) is 1. The van der Waals surface area contributed by atoms with Crippen LogP contribution in [-0.2, 0) is 6.54 Å². The number of rotatable bonds is 4. The number of nitrogens with one attached hydrogen (secondary N) is 2. The first-order valence-corrected chi connectivity index (χ1v) is 6.90. The molecule has 2 rings (SSSR count). The van der Waals surface area contributed by atoms with E-state index in [-0.39, 0.29) is 29.8 Å².